The summed E-state index contributed by atoms with van der Waals surface area (Å²) in [6.07, 6.45) is 4.08. The van der Waals surface area contributed by atoms with Crippen LogP contribution in [0.2, 0.25) is 0 Å². The Kier molecular flexibility index (Phi) is 8.26. The van der Waals surface area contributed by atoms with E-state index in [9.17, 15) is 4.79 Å². The van der Waals surface area contributed by atoms with Crippen LogP contribution in [-0.4, -0.2) is 42.1 Å². The van der Waals surface area contributed by atoms with Gasteiger partial charge in [0.2, 0.25) is 0 Å². The zero-order valence-electron chi connectivity index (χ0n) is 13.5. The largest absolute Gasteiger partial charge is 0.468 e. The minimum Gasteiger partial charge on any atom is -0.468 e. The van der Waals surface area contributed by atoms with Gasteiger partial charge in [-0.3, -0.25) is 9.69 Å². The highest BCUT2D eigenvalue weighted by atomic mass is 16.5. The standard InChI is InChI=1S/C15H32N2O2/c1-7-9-10-17(12(3)8-2)13(4)11-15(5,16)14(18)19-6/h12-13H,7-11,16H2,1-6H3. The Labute approximate surface area is 118 Å². The molecule has 3 atom stereocenters. The van der Waals surface area contributed by atoms with E-state index in [0.29, 0.717) is 12.5 Å². The van der Waals surface area contributed by atoms with Crippen molar-refractivity contribution in [3.63, 3.8) is 0 Å². The molecule has 0 amide bonds. The number of esters is 1. The minimum absolute atomic E-state index is 0.274. The average molecular weight is 272 g/mol. The molecule has 0 fully saturated rings. The number of carbonyl (C=O) groups excluding carboxylic acids is 1. The maximum absolute atomic E-state index is 11.7. The van der Waals surface area contributed by atoms with Crippen LogP contribution >= 0.6 is 0 Å². The molecule has 0 saturated carbocycles. The van der Waals surface area contributed by atoms with Crippen molar-refractivity contribution in [1.82, 2.24) is 4.90 Å². The summed E-state index contributed by atoms with van der Waals surface area (Å²) in [5, 5.41) is 0. The fourth-order valence-electron chi connectivity index (χ4n) is 2.50. The number of hydrogen-bond acceptors (Lipinski definition) is 4. The number of nitrogens with two attached hydrogens (primary N) is 1. The summed E-state index contributed by atoms with van der Waals surface area (Å²) in [6.45, 7) is 11.6. The molecule has 114 valence electrons. The molecule has 2 N–H and O–H groups in total. The molecule has 0 spiro atoms. The Morgan fingerprint density at radius 3 is 2.32 bits per heavy atom. The molecule has 0 aliphatic carbocycles. The molecular formula is C15H32N2O2. The van der Waals surface area contributed by atoms with Crippen LogP contribution in [0, 0.1) is 0 Å². The molecule has 3 unspecified atom stereocenters. The molecule has 0 saturated heterocycles. The van der Waals surface area contributed by atoms with E-state index >= 15 is 0 Å². The fourth-order valence-corrected chi connectivity index (χ4v) is 2.50. The van der Waals surface area contributed by atoms with E-state index < -0.39 is 5.54 Å². The Morgan fingerprint density at radius 2 is 1.89 bits per heavy atom. The summed E-state index contributed by atoms with van der Waals surface area (Å²) < 4.78 is 4.78. The number of rotatable bonds is 9. The van der Waals surface area contributed by atoms with Crippen molar-refractivity contribution in [3.8, 4) is 0 Å². The number of hydrogen-bond donors (Lipinski definition) is 1. The topological polar surface area (TPSA) is 55.6 Å². The van der Waals surface area contributed by atoms with Crippen LogP contribution in [0.5, 0.6) is 0 Å². The highest BCUT2D eigenvalue weighted by Crippen LogP contribution is 2.19. The molecule has 0 radical (unpaired) electrons. The monoisotopic (exact) mass is 272 g/mol. The predicted octanol–water partition coefficient (Wildman–Crippen LogP) is 2.56. The van der Waals surface area contributed by atoms with E-state index in [1.807, 2.05) is 0 Å². The quantitative estimate of drug-likeness (QED) is 0.655. The van der Waals surface area contributed by atoms with Crippen molar-refractivity contribution in [2.75, 3.05) is 13.7 Å². The lowest BCUT2D eigenvalue weighted by atomic mass is 9.93. The van der Waals surface area contributed by atoms with Gasteiger partial charge < -0.3 is 10.5 Å². The molecule has 0 aromatic carbocycles. The first-order valence-corrected chi connectivity index (χ1v) is 7.43. The van der Waals surface area contributed by atoms with Crippen LogP contribution in [0.3, 0.4) is 0 Å². The highest BCUT2D eigenvalue weighted by Gasteiger charge is 2.33. The Hall–Kier alpha value is -0.610. The normalized spacial score (nSPS) is 17.9. The van der Waals surface area contributed by atoms with Crippen LogP contribution in [0.4, 0.5) is 0 Å². The first kappa shape index (κ1) is 18.4. The van der Waals surface area contributed by atoms with Gasteiger partial charge in [0, 0.05) is 12.1 Å². The third-order valence-electron chi connectivity index (χ3n) is 3.86. The van der Waals surface area contributed by atoms with Gasteiger partial charge in [0.25, 0.3) is 0 Å². The Bertz CT molecular complexity index is 267. The SMILES string of the molecule is CCCCN(C(C)CC)C(C)CC(C)(N)C(=O)OC. The van der Waals surface area contributed by atoms with E-state index in [-0.39, 0.29) is 12.0 Å². The van der Waals surface area contributed by atoms with Crippen molar-refractivity contribution in [2.45, 2.75) is 77.9 Å². The van der Waals surface area contributed by atoms with E-state index in [1.54, 1.807) is 6.92 Å². The van der Waals surface area contributed by atoms with Crippen LogP contribution in [0.15, 0.2) is 0 Å². The third-order valence-corrected chi connectivity index (χ3v) is 3.86. The fraction of sp³-hybridized carbons (Fsp3) is 0.933. The molecule has 0 aromatic heterocycles. The van der Waals surface area contributed by atoms with Crippen molar-refractivity contribution in [1.29, 1.82) is 0 Å². The molecule has 0 rings (SSSR count). The second-order valence-electron chi connectivity index (χ2n) is 5.81. The maximum atomic E-state index is 11.7. The summed E-state index contributed by atoms with van der Waals surface area (Å²) >= 11 is 0. The lowest BCUT2D eigenvalue weighted by Crippen LogP contribution is -2.52. The van der Waals surface area contributed by atoms with Gasteiger partial charge in [-0.2, -0.15) is 0 Å². The molecule has 0 aliphatic rings. The highest BCUT2D eigenvalue weighted by molar-refractivity contribution is 5.79. The van der Waals surface area contributed by atoms with Crippen molar-refractivity contribution >= 4 is 5.97 Å². The van der Waals surface area contributed by atoms with Crippen LogP contribution in [-0.2, 0) is 9.53 Å². The summed E-state index contributed by atoms with van der Waals surface area (Å²) in [7, 11) is 1.39. The van der Waals surface area contributed by atoms with Gasteiger partial charge in [0.05, 0.1) is 7.11 Å². The van der Waals surface area contributed by atoms with Gasteiger partial charge >= 0.3 is 5.97 Å². The van der Waals surface area contributed by atoms with E-state index in [0.717, 1.165) is 13.0 Å². The number of ether oxygens (including phenoxy) is 1. The van der Waals surface area contributed by atoms with Gasteiger partial charge in [-0.1, -0.05) is 20.3 Å². The molecule has 0 aliphatic heterocycles. The van der Waals surface area contributed by atoms with Gasteiger partial charge in [0.1, 0.15) is 5.54 Å². The molecular weight excluding hydrogens is 240 g/mol. The van der Waals surface area contributed by atoms with Gasteiger partial charge in [0.15, 0.2) is 0 Å². The lowest BCUT2D eigenvalue weighted by molar-refractivity contribution is -0.147. The smallest absolute Gasteiger partial charge is 0.325 e. The van der Waals surface area contributed by atoms with Gasteiger partial charge in [-0.05, 0) is 46.6 Å². The molecule has 0 aromatic rings. The minimum atomic E-state index is -0.911. The maximum Gasteiger partial charge on any atom is 0.325 e. The molecule has 4 heteroatoms. The van der Waals surface area contributed by atoms with E-state index in [2.05, 4.69) is 32.6 Å². The zero-order valence-corrected chi connectivity index (χ0v) is 13.5. The summed E-state index contributed by atoms with van der Waals surface area (Å²) in [5.41, 5.74) is 5.17. The molecule has 4 nitrogen and oxygen atoms in total. The molecule has 0 bridgehead atoms. The van der Waals surface area contributed by atoms with Crippen LogP contribution in [0.1, 0.15) is 60.3 Å². The number of nitrogens with zero attached hydrogens (tertiary/aromatic N) is 1. The number of carbonyl (C=O) groups is 1. The van der Waals surface area contributed by atoms with Gasteiger partial charge in [-0.15, -0.1) is 0 Å². The van der Waals surface area contributed by atoms with Crippen molar-refractivity contribution in [2.24, 2.45) is 5.73 Å². The van der Waals surface area contributed by atoms with E-state index in [4.69, 9.17) is 10.5 Å². The van der Waals surface area contributed by atoms with Crippen LogP contribution < -0.4 is 5.73 Å². The summed E-state index contributed by atoms with van der Waals surface area (Å²) in [4.78, 5) is 14.1. The Morgan fingerprint density at radius 1 is 1.32 bits per heavy atom. The van der Waals surface area contributed by atoms with Crippen molar-refractivity contribution < 1.29 is 9.53 Å². The predicted molar refractivity (Wildman–Crippen MR) is 80.1 cm³/mol. The second kappa shape index (κ2) is 8.54. The molecule has 0 heterocycles. The van der Waals surface area contributed by atoms with Crippen LogP contribution in [0.25, 0.3) is 0 Å². The second-order valence-corrected chi connectivity index (χ2v) is 5.81. The number of unbranched alkanes of at least 4 members (excludes halogenated alkanes) is 1. The molecule has 19 heavy (non-hydrogen) atoms. The third kappa shape index (κ3) is 5.91. The van der Waals surface area contributed by atoms with Crippen molar-refractivity contribution in [3.05, 3.63) is 0 Å². The zero-order chi connectivity index (χ0) is 15.1. The van der Waals surface area contributed by atoms with Gasteiger partial charge in [-0.25, -0.2) is 0 Å². The lowest BCUT2D eigenvalue weighted by Gasteiger charge is -2.37. The first-order chi connectivity index (χ1) is 8.80. The summed E-state index contributed by atoms with van der Waals surface area (Å²) in [6, 6.07) is 0.783. The average Bonchev–Trinajstić information content (AvgIpc) is 2.36. The summed E-state index contributed by atoms with van der Waals surface area (Å²) in [5.74, 6) is -0.334. The Balaban J connectivity index is 4.70. The van der Waals surface area contributed by atoms with E-state index in [1.165, 1.54) is 20.0 Å². The number of methoxy groups -OCH3 is 1. The first-order valence-electron chi connectivity index (χ1n) is 7.43.